The van der Waals surface area contributed by atoms with Gasteiger partial charge in [0, 0.05) is 7.05 Å². The monoisotopic (exact) mass is 210 g/mol. The maximum absolute atomic E-state index is 11.8. The lowest BCUT2D eigenvalue weighted by atomic mass is 9.87. The van der Waals surface area contributed by atoms with Crippen molar-refractivity contribution in [2.24, 2.45) is 12.5 Å². The summed E-state index contributed by atoms with van der Waals surface area (Å²) in [5, 5.41) is 10.4. The molecule has 1 amide bonds. The average Bonchev–Trinajstić information content (AvgIpc) is 2.46. The molecule has 0 aromatic carbocycles. The zero-order valence-electron chi connectivity index (χ0n) is 9.07. The number of aromatic nitrogens is 3. The van der Waals surface area contributed by atoms with Crippen molar-refractivity contribution in [2.45, 2.75) is 13.8 Å². The molecule has 1 aromatic heterocycles. The topological polar surface area (TPSA) is 69.0 Å². The number of nitrogens with zero attached hydrogens (tertiary/aromatic N) is 3. The molecular weight excluding hydrogens is 196 g/mol. The van der Waals surface area contributed by atoms with Crippen LogP contribution < -0.4 is 5.32 Å². The molecule has 0 unspecified atom stereocenters. The Kier molecular flexibility index (Phi) is 2.22. The quantitative estimate of drug-likeness (QED) is 0.751. The summed E-state index contributed by atoms with van der Waals surface area (Å²) >= 11 is 0. The fourth-order valence-electron chi connectivity index (χ4n) is 1.32. The molecular formula is C9H14N4O2. The van der Waals surface area contributed by atoms with Gasteiger partial charge in [-0.25, -0.2) is 0 Å². The average molecular weight is 210 g/mol. The Bertz CT molecular complexity index is 395. The zero-order chi connectivity index (χ0) is 11.1. The van der Waals surface area contributed by atoms with Crippen LogP contribution >= 0.6 is 0 Å². The first-order valence-corrected chi connectivity index (χ1v) is 4.78. The van der Waals surface area contributed by atoms with Gasteiger partial charge in [0.1, 0.15) is 0 Å². The summed E-state index contributed by atoms with van der Waals surface area (Å²) in [6, 6.07) is 0. The van der Waals surface area contributed by atoms with Gasteiger partial charge in [-0.3, -0.25) is 9.48 Å². The summed E-state index contributed by atoms with van der Waals surface area (Å²) in [4.78, 5) is 11.8. The van der Waals surface area contributed by atoms with Crippen LogP contribution in [0.15, 0.2) is 0 Å². The molecule has 82 valence electrons. The third kappa shape index (κ3) is 1.61. The molecule has 0 bridgehead atoms. The molecule has 1 N–H and O–H groups in total. The van der Waals surface area contributed by atoms with Gasteiger partial charge in [-0.05, 0) is 13.8 Å². The molecule has 2 rings (SSSR count). The van der Waals surface area contributed by atoms with E-state index < -0.39 is 5.41 Å². The van der Waals surface area contributed by atoms with Gasteiger partial charge in [-0.15, -0.1) is 5.10 Å². The molecule has 1 aliphatic rings. The van der Waals surface area contributed by atoms with Crippen molar-refractivity contribution < 1.29 is 9.53 Å². The Labute approximate surface area is 87.6 Å². The molecule has 1 aromatic rings. The van der Waals surface area contributed by atoms with Crippen molar-refractivity contribution in [2.75, 3.05) is 18.5 Å². The lowest BCUT2D eigenvalue weighted by molar-refractivity contribution is -0.151. The third-order valence-corrected chi connectivity index (χ3v) is 2.73. The molecule has 1 aliphatic heterocycles. The first kappa shape index (κ1) is 10.1. The minimum Gasteiger partial charge on any atom is -0.379 e. The van der Waals surface area contributed by atoms with Crippen LogP contribution in [0.5, 0.6) is 0 Å². The highest BCUT2D eigenvalue weighted by Crippen LogP contribution is 2.28. The molecule has 0 atom stereocenters. The number of carbonyl (C=O) groups is 1. The summed E-state index contributed by atoms with van der Waals surface area (Å²) in [5.74, 6) is 0.466. The lowest BCUT2D eigenvalue weighted by Gasteiger charge is -2.35. The summed E-state index contributed by atoms with van der Waals surface area (Å²) in [5.41, 5.74) is 0.427. The van der Waals surface area contributed by atoms with Gasteiger partial charge in [0.2, 0.25) is 5.91 Å². The van der Waals surface area contributed by atoms with Crippen molar-refractivity contribution in [3.8, 4) is 0 Å². The van der Waals surface area contributed by atoms with E-state index in [1.807, 2.05) is 13.8 Å². The molecule has 1 saturated heterocycles. The molecule has 15 heavy (non-hydrogen) atoms. The van der Waals surface area contributed by atoms with Gasteiger partial charge in [0.05, 0.1) is 24.3 Å². The van der Waals surface area contributed by atoms with Crippen LogP contribution in [0.3, 0.4) is 0 Å². The smallest absolute Gasteiger partial charge is 0.236 e. The maximum Gasteiger partial charge on any atom is 0.236 e. The fraction of sp³-hybridized carbons (Fsp3) is 0.667. The van der Waals surface area contributed by atoms with E-state index >= 15 is 0 Å². The number of rotatable bonds is 2. The van der Waals surface area contributed by atoms with Crippen molar-refractivity contribution in [3.05, 3.63) is 5.69 Å². The number of ether oxygens (including phenoxy) is 1. The van der Waals surface area contributed by atoms with Crippen LogP contribution in [0.4, 0.5) is 5.82 Å². The van der Waals surface area contributed by atoms with Gasteiger partial charge in [-0.1, -0.05) is 5.21 Å². The van der Waals surface area contributed by atoms with Crippen LogP contribution in [-0.4, -0.2) is 34.1 Å². The van der Waals surface area contributed by atoms with E-state index in [0.29, 0.717) is 19.0 Å². The predicted molar refractivity (Wildman–Crippen MR) is 53.3 cm³/mol. The Hall–Kier alpha value is -1.43. The third-order valence-electron chi connectivity index (χ3n) is 2.73. The molecule has 0 saturated carbocycles. The highest BCUT2D eigenvalue weighted by atomic mass is 16.5. The number of nitrogens with one attached hydrogen (secondary N) is 1. The normalized spacial score (nSPS) is 18.3. The highest BCUT2D eigenvalue weighted by molar-refractivity contribution is 5.95. The van der Waals surface area contributed by atoms with E-state index in [4.69, 9.17) is 4.74 Å². The van der Waals surface area contributed by atoms with Gasteiger partial charge >= 0.3 is 0 Å². The SMILES string of the molecule is Cc1c(NC(=O)C2(C)COC2)nnn1C. The minimum atomic E-state index is -0.413. The lowest BCUT2D eigenvalue weighted by Crippen LogP contribution is -2.49. The van der Waals surface area contributed by atoms with Crippen molar-refractivity contribution in [1.29, 1.82) is 0 Å². The Morgan fingerprint density at radius 3 is 2.67 bits per heavy atom. The van der Waals surface area contributed by atoms with Gasteiger partial charge in [-0.2, -0.15) is 0 Å². The Balaban J connectivity index is 2.09. The zero-order valence-corrected chi connectivity index (χ0v) is 9.07. The highest BCUT2D eigenvalue weighted by Gasteiger charge is 2.41. The number of carbonyl (C=O) groups excluding carboxylic acids is 1. The fourth-order valence-corrected chi connectivity index (χ4v) is 1.32. The molecule has 0 spiro atoms. The van der Waals surface area contributed by atoms with E-state index in [2.05, 4.69) is 15.6 Å². The van der Waals surface area contributed by atoms with E-state index in [1.165, 1.54) is 0 Å². The molecule has 1 fully saturated rings. The van der Waals surface area contributed by atoms with Crippen molar-refractivity contribution in [1.82, 2.24) is 15.0 Å². The Morgan fingerprint density at radius 1 is 1.60 bits per heavy atom. The molecule has 2 heterocycles. The van der Waals surface area contributed by atoms with Gasteiger partial charge < -0.3 is 10.1 Å². The predicted octanol–water partition coefficient (Wildman–Crippen LogP) is 0.0985. The second-order valence-electron chi connectivity index (χ2n) is 4.15. The van der Waals surface area contributed by atoms with Crippen molar-refractivity contribution >= 4 is 11.7 Å². The number of anilines is 1. The van der Waals surface area contributed by atoms with Crippen LogP contribution in [0.25, 0.3) is 0 Å². The molecule has 0 aliphatic carbocycles. The van der Waals surface area contributed by atoms with Crippen LogP contribution in [0, 0.1) is 12.3 Å². The molecule has 6 nitrogen and oxygen atoms in total. The summed E-state index contributed by atoms with van der Waals surface area (Å²) in [7, 11) is 1.78. The molecule has 0 radical (unpaired) electrons. The molecule has 6 heteroatoms. The van der Waals surface area contributed by atoms with Crippen LogP contribution in [-0.2, 0) is 16.6 Å². The summed E-state index contributed by atoms with van der Waals surface area (Å²) in [6.07, 6.45) is 0. The van der Waals surface area contributed by atoms with Gasteiger partial charge in [0.25, 0.3) is 0 Å². The number of aryl methyl sites for hydroxylation is 1. The minimum absolute atomic E-state index is 0.0580. The number of amides is 1. The second-order valence-corrected chi connectivity index (χ2v) is 4.15. The van der Waals surface area contributed by atoms with E-state index in [0.717, 1.165) is 5.69 Å². The van der Waals surface area contributed by atoms with Crippen molar-refractivity contribution in [3.63, 3.8) is 0 Å². The van der Waals surface area contributed by atoms with Crippen LogP contribution in [0.1, 0.15) is 12.6 Å². The summed E-state index contributed by atoms with van der Waals surface area (Å²) < 4.78 is 6.65. The first-order valence-electron chi connectivity index (χ1n) is 4.78. The largest absolute Gasteiger partial charge is 0.379 e. The first-order chi connectivity index (χ1) is 7.03. The second kappa shape index (κ2) is 3.30. The summed E-state index contributed by atoms with van der Waals surface area (Å²) in [6.45, 7) is 4.67. The van der Waals surface area contributed by atoms with Gasteiger partial charge in [0.15, 0.2) is 5.82 Å². The van der Waals surface area contributed by atoms with E-state index in [-0.39, 0.29) is 5.91 Å². The Morgan fingerprint density at radius 2 is 2.27 bits per heavy atom. The number of hydrogen-bond acceptors (Lipinski definition) is 4. The maximum atomic E-state index is 11.8. The number of hydrogen-bond donors (Lipinski definition) is 1. The van der Waals surface area contributed by atoms with Crippen LogP contribution in [0.2, 0.25) is 0 Å². The van der Waals surface area contributed by atoms with E-state index in [9.17, 15) is 4.79 Å². The standard InChI is InChI=1S/C9H14N4O2/c1-6-7(11-12-13(6)3)10-8(14)9(2)4-15-5-9/h4-5H2,1-3H3,(H,10,14). The van der Waals surface area contributed by atoms with E-state index in [1.54, 1.807) is 11.7 Å².